The van der Waals surface area contributed by atoms with Gasteiger partial charge in [0.05, 0.1) is 41.6 Å². The molecular formula is C41H52F2N6O9S. The number of pyridine rings is 2. The van der Waals surface area contributed by atoms with Gasteiger partial charge >= 0.3 is 0 Å². The number of aryl methyl sites for hydroxylation is 1. The number of hydrogen-bond acceptors (Lipinski definition) is 12. The molecule has 2 unspecified atom stereocenters. The number of halogens is 2. The average Bonchev–Trinajstić information content (AvgIpc) is 4.16. The van der Waals surface area contributed by atoms with Crippen LogP contribution < -0.4 is 24.8 Å². The zero-order valence-electron chi connectivity index (χ0n) is 33.3. The number of sulfonamides is 1. The molecule has 15 nitrogen and oxygen atoms in total. The smallest absolute Gasteiger partial charge is 0.284 e. The van der Waals surface area contributed by atoms with Crippen molar-refractivity contribution >= 4 is 38.8 Å². The minimum absolute atomic E-state index is 0.124. The lowest BCUT2D eigenvalue weighted by Crippen LogP contribution is -2.59. The summed E-state index contributed by atoms with van der Waals surface area (Å²) in [6.45, 7) is 1.39. The van der Waals surface area contributed by atoms with Crippen molar-refractivity contribution in [3.05, 3.63) is 35.5 Å². The predicted molar refractivity (Wildman–Crippen MR) is 207 cm³/mol. The Labute approximate surface area is 341 Å². The third-order valence-corrected chi connectivity index (χ3v) is 16.1. The van der Waals surface area contributed by atoms with Crippen molar-refractivity contribution in [1.29, 1.82) is 0 Å². The van der Waals surface area contributed by atoms with E-state index in [1.54, 1.807) is 13.0 Å². The molecule has 59 heavy (non-hydrogen) atoms. The maximum atomic E-state index is 14.9. The molecule has 0 aromatic carbocycles. The molecule has 5 heterocycles. The zero-order chi connectivity index (χ0) is 41.5. The zero-order valence-corrected chi connectivity index (χ0v) is 34.1. The van der Waals surface area contributed by atoms with Crippen LogP contribution in [0.25, 0.3) is 11.0 Å². The van der Waals surface area contributed by atoms with Gasteiger partial charge in [0.15, 0.2) is 5.75 Å². The van der Waals surface area contributed by atoms with Crippen molar-refractivity contribution in [1.82, 2.24) is 30.2 Å². The number of fused-ring (bicyclic) bond motifs is 6. The quantitative estimate of drug-likeness (QED) is 0.212. The number of ether oxygens (including phenoxy) is 3. The SMILES string of the molecule is COc1ccc2nc(C(F)F)c3c(c2n1)CC[C@]1(C[C@H]2C(=O)N[C@]4(C(=O)NS(=O)(=O)C5(C)CC5)C[C@H]4/C=C\CCCCC[C@H](NC(O)OC4C[C@@H]5C[C@@H]5C4)C(=O)N2C1)O3. The monoisotopic (exact) mass is 842 g/mol. The molecule has 320 valence electrons. The number of nitrogens with zero attached hydrogens (tertiary/aromatic N) is 3. The fourth-order valence-electron chi connectivity index (χ4n) is 9.84. The summed E-state index contributed by atoms with van der Waals surface area (Å²) in [6.07, 6.45) is 6.36. The van der Waals surface area contributed by atoms with Crippen LogP contribution in [0.15, 0.2) is 24.3 Å². The number of aliphatic hydroxyl groups excluding tert-OH is 1. The Morgan fingerprint density at radius 2 is 1.86 bits per heavy atom. The van der Waals surface area contributed by atoms with E-state index in [0.717, 1.165) is 25.7 Å². The van der Waals surface area contributed by atoms with Crippen molar-refractivity contribution in [2.24, 2.45) is 17.8 Å². The maximum absolute atomic E-state index is 14.9. The van der Waals surface area contributed by atoms with Gasteiger partial charge in [-0.2, -0.15) is 0 Å². The average molecular weight is 843 g/mol. The normalized spacial score (nSPS) is 34.6. The Kier molecular flexibility index (Phi) is 10.2. The molecule has 4 aliphatic carbocycles. The van der Waals surface area contributed by atoms with Crippen molar-refractivity contribution < 1.29 is 50.9 Å². The lowest BCUT2D eigenvalue weighted by molar-refractivity contribution is -0.166. The number of rotatable bonds is 9. The maximum Gasteiger partial charge on any atom is 0.284 e. The second-order valence-corrected chi connectivity index (χ2v) is 20.3. The van der Waals surface area contributed by atoms with E-state index in [4.69, 9.17) is 14.2 Å². The van der Waals surface area contributed by atoms with Gasteiger partial charge < -0.3 is 29.5 Å². The summed E-state index contributed by atoms with van der Waals surface area (Å²) in [6, 6.07) is 0.840. The number of aromatic nitrogens is 2. The van der Waals surface area contributed by atoms with Crippen LogP contribution in [0.4, 0.5) is 8.78 Å². The Balaban J connectivity index is 1.05. The van der Waals surface area contributed by atoms with E-state index in [9.17, 15) is 36.7 Å². The molecule has 9 rings (SSSR count). The predicted octanol–water partition coefficient (Wildman–Crippen LogP) is 3.68. The van der Waals surface area contributed by atoms with E-state index in [0.29, 0.717) is 55.0 Å². The largest absolute Gasteiger partial charge is 0.483 e. The highest BCUT2D eigenvalue weighted by Crippen LogP contribution is 2.53. The van der Waals surface area contributed by atoms with Crippen LogP contribution in [0.2, 0.25) is 0 Å². The number of methoxy groups -OCH3 is 1. The topological polar surface area (TPSA) is 198 Å². The molecule has 9 atom stereocenters. The number of hydrogen-bond donors (Lipinski definition) is 4. The van der Waals surface area contributed by atoms with E-state index >= 15 is 0 Å². The highest BCUT2D eigenvalue weighted by molar-refractivity contribution is 7.91. The van der Waals surface area contributed by atoms with Gasteiger partial charge in [0.2, 0.25) is 34.1 Å². The fraction of sp³-hybridized carbons (Fsp3) is 0.683. The molecule has 1 saturated heterocycles. The highest BCUT2D eigenvalue weighted by Gasteiger charge is 2.64. The first-order valence-electron chi connectivity index (χ1n) is 20.9. The molecule has 3 aliphatic heterocycles. The van der Waals surface area contributed by atoms with Crippen molar-refractivity contribution in [3.63, 3.8) is 0 Å². The standard InChI is InChI=1S/C41H52F2N6O9S/c1-39(14-15-39)59(54,55)48-37(52)41-19-24(41)8-6-4-3-5-7-9-28(45-38(53)57-25-17-22-16-23(22)18-25)36(51)49-21-40(20-29(49)35(50)47-41)13-12-26-31-27(10-11-30(46-31)56-2)44-32(34(42)43)33(26)58-40/h6,8,10-11,22-25,28-29,34,38,45,53H,3-5,7,9,12-21H2,1-2H3,(H,47,50)(H,48,52)/b8-6-/t22-,23+,24-,25?,28+,29+,38?,40-,41-/m1/s1. The second-order valence-electron chi connectivity index (χ2n) is 18.1. The van der Waals surface area contributed by atoms with Crippen LogP contribution in [0.1, 0.15) is 108 Å². The summed E-state index contributed by atoms with van der Waals surface area (Å²) in [5.74, 6) is -1.27. The van der Waals surface area contributed by atoms with Gasteiger partial charge in [-0.1, -0.05) is 25.0 Å². The van der Waals surface area contributed by atoms with Crippen LogP contribution >= 0.6 is 0 Å². The third-order valence-electron chi connectivity index (χ3n) is 13.9. The molecule has 4 saturated carbocycles. The minimum Gasteiger partial charge on any atom is -0.483 e. The number of amides is 3. The van der Waals surface area contributed by atoms with Crippen molar-refractivity contribution in [2.45, 2.75) is 144 Å². The summed E-state index contributed by atoms with van der Waals surface area (Å²) in [5, 5.41) is 17.0. The first kappa shape index (κ1) is 40.4. The summed E-state index contributed by atoms with van der Waals surface area (Å²) < 4.78 is 75.0. The van der Waals surface area contributed by atoms with Crippen LogP contribution in [0, 0.1) is 17.8 Å². The van der Waals surface area contributed by atoms with E-state index < -0.39 is 80.2 Å². The molecule has 0 radical (unpaired) electrons. The Bertz CT molecular complexity index is 2180. The van der Waals surface area contributed by atoms with E-state index in [1.807, 2.05) is 12.2 Å². The van der Waals surface area contributed by atoms with Crippen LogP contribution in [0.5, 0.6) is 11.6 Å². The van der Waals surface area contributed by atoms with Gasteiger partial charge in [-0.25, -0.2) is 27.2 Å². The number of allylic oxidation sites excluding steroid dienone is 1. The van der Waals surface area contributed by atoms with Gasteiger partial charge in [-0.3, -0.25) is 24.4 Å². The highest BCUT2D eigenvalue weighted by atomic mass is 32.2. The number of nitrogens with one attached hydrogen (secondary N) is 3. The first-order chi connectivity index (χ1) is 28.1. The van der Waals surface area contributed by atoms with Gasteiger partial charge in [0, 0.05) is 24.0 Å². The van der Waals surface area contributed by atoms with Crippen molar-refractivity contribution in [2.75, 3.05) is 13.7 Å². The molecule has 7 aliphatic rings. The third kappa shape index (κ3) is 7.56. The number of aliphatic hydroxyl groups is 1. The minimum atomic E-state index is -4.05. The van der Waals surface area contributed by atoms with E-state index in [2.05, 4.69) is 25.3 Å². The Morgan fingerprint density at radius 3 is 2.59 bits per heavy atom. The lowest BCUT2D eigenvalue weighted by Gasteiger charge is -2.36. The molecule has 2 aromatic rings. The van der Waals surface area contributed by atoms with E-state index in [-0.39, 0.29) is 55.5 Å². The molecule has 0 bridgehead atoms. The van der Waals surface area contributed by atoms with Crippen LogP contribution in [-0.4, -0.2) is 100 Å². The van der Waals surface area contributed by atoms with Gasteiger partial charge in [0.25, 0.3) is 12.3 Å². The lowest BCUT2D eigenvalue weighted by atomic mass is 9.88. The summed E-state index contributed by atoms with van der Waals surface area (Å²) in [4.78, 5) is 53.7. The summed E-state index contributed by atoms with van der Waals surface area (Å²) in [5.41, 5.74) is -2.53. The molecular weight excluding hydrogens is 791 g/mol. The number of carbonyl (C=O) groups is 3. The second kappa shape index (κ2) is 14.9. The number of alkyl halides is 2. The molecule has 2 aromatic heterocycles. The molecule has 3 amide bonds. The Morgan fingerprint density at radius 1 is 1.08 bits per heavy atom. The van der Waals surface area contributed by atoms with Crippen LogP contribution in [0.3, 0.4) is 0 Å². The van der Waals surface area contributed by atoms with Crippen molar-refractivity contribution in [3.8, 4) is 11.6 Å². The Hall–Kier alpha value is -4.00. The molecule has 5 fully saturated rings. The summed E-state index contributed by atoms with van der Waals surface area (Å²) in [7, 11) is -2.61. The molecule has 4 N–H and O–H groups in total. The van der Waals surface area contributed by atoms with E-state index in [1.165, 1.54) is 24.5 Å². The first-order valence-corrected chi connectivity index (χ1v) is 22.4. The van der Waals surface area contributed by atoms with Gasteiger partial charge in [-0.15, -0.1) is 0 Å². The van der Waals surface area contributed by atoms with Gasteiger partial charge in [0.1, 0.15) is 22.9 Å². The summed E-state index contributed by atoms with van der Waals surface area (Å²) >= 11 is 0. The fourth-order valence-corrected chi connectivity index (χ4v) is 11.2. The molecule has 1 spiro atoms. The number of carbonyl (C=O) groups excluding carboxylic acids is 3. The van der Waals surface area contributed by atoms with Crippen LogP contribution in [-0.2, 0) is 35.6 Å². The van der Waals surface area contributed by atoms with Gasteiger partial charge in [-0.05, 0) is 95.5 Å². The molecule has 18 heteroatoms.